The van der Waals surface area contributed by atoms with Gasteiger partial charge >= 0.3 is 5.97 Å². The van der Waals surface area contributed by atoms with Crippen LogP contribution in [0.25, 0.3) is 0 Å². The Hall–Kier alpha value is -2.63. The number of carbonyl (C=O) groups excluding carboxylic acids is 1. The van der Waals surface area contributed by atoms with Gasteiger partial charge in [0, 0.05) is 18.9 Å². The normalized spacial score (nSPS) is 10.1. The summed E-state index contributed by atoms with van der Waals surface area (Å²) in [5.74, 6) is -1.26. The predicted octanol–water partition coefficient (Wildman–Crippen LogP) is 1.23. The van der Waals surface area contributed by atoms with Gasteiger partial charge in [0.25, 0.3) is 5.91 Å². The number of hydrogen-bond acceptors (Lipinski definition) is 4. The molecular formula is C13H12N2O4. The van der Waals surface area contributed by atoms with Crippen LogP contribution >= 0.6 is 0 Å². The van der Waals surface area contributed by atoms with E-state index in [1.807, 2.05) is 6.07 Å². The molecule has 0 unspecified atom stereocenters. The molecule has 6 nitrogen and oxygen atoms in total. The fourth-order valence-corrected chi connectivity index (χ4v) is 1.60. The molecule has 19 heavy (non-hydrogen) atoms. The van der Waals surface area contributed by atoms with Gasteiger partial charge in [-0.25, -0.2) is 0 Å². The van der Waals surface area contributed by atoms with E-state index in [0.717, 1.165) is 5.56 Å². The largest absolute Gasteiger partial charge is 0.481 e. The van der Waals surface area contributed by atoms with Crippen LogP contribution in [-0.4, -0.2) is 22.0 Å². The molecule has 2 aromatic rings. The summed E-state index contributed by atoms with van der Waals surface area (Å²) in [4.78, 5) is 26.5. The van der Waals surface area contributed by atoms with E-state index >= 15 is 0 Å². The maximum Gasteiger partial charge on any atom is 0.311 e. The molecule has 2 heterocycles. The van der Waals surface area contributed by atoms with Crippen LogP contribution in [0.5, 0.6) is 0 Å². The number of aromatic nitrogens is 1. The predicted molar refractivity (Wildman–Crippen MR) is 65.5 cm³/mol. The summed E-state index contributed by atoms with van der Waals surface area (Å²) in [5, 5.41) is 11.4. The van der Waals surface area contributed by atoms with Crippen molar-refractivity contribution in [1.82, 2.24) is 10.3 Å². The fourth-order valence-electron chi connectivity index (χ4n) is 1.60. The average molecular weight is 260 g/mol. The van der Waals surface area contributed by atoms with Crippen molar-refractivity contribution < 1.29 is 19.1 Å². The highest BCUT2D eigenvalue weighted by molar-refractivity contribution is 5.95. The molecule has 0 atom stereocenters. The lowest BCUT2D eigenvalue weighted by atomic mass is 10.2. The number of carbonyl (C=O) groups is 2. The van der Waals surface area contributed by atoms with Crippen molar-refractivity contribution in [3.8, 4) is 0 Å². The number of carboxylic acid groups (broad SMARTS) is 1. The van der Waals surface area contributed by atoms with Crippen LogP contribution in [-0.2, 0) is 17.8 Å². The third-order valence-electron chi connectivity index (χ3n) is 2.48. The number of carboxylic acids is 1. The Bertz CT molecular complexity index is 577. The van der Waals surface area contributed by atoms with Crippen LogP contribution in [0, 0.1) is 0 Å². The lowest BCUT2D eigenvalue weighted by Gasteiger charge is -2.04. The van der Waals surface area contributed by atoms with E-state index in [2.05, 4.69) is 10.3 Å². The standard InChI is InChI=1S/C13H12N2O4/c16-12(17)6-11-10(3-5-19-11)13(18)15-8-9-2-1-4-14-7-9/h1-5,7H,6,8H2,(H,15,18)(H,16,17). The fraction of sp³-hybridized carbons (Fsp3) is 0.154. The number of furan rings is 1. The summed E-state index contributed by atoms with van der Waals surface area (Å²) in [6.45, 7) is 0.324. The van der Waals surface area contributed by atoms with Gasteiger partial charge in [-0.1, -0.05) is 6.07 Å². The molecule has 2 N–H and O–H groups in total. The lowest BCUT2D eigenvalue weighted by molar-refractivity contribution is -0.136. The minimum atomic E-state index is -1.05. The highest BCUT2D eigenvalue weighted by Crippen LogP contribution is 2.11. The molecule has 0 spiro atoms. The number of nitrogens with one attached hydrogen (secondary N) is 1. The van der Waals surface area contributed by atoms with Gasteiger partial charge in [-0.05, 0) is 17.7 Å². The third kappa shape index (κ3) is 3.41. The van der Waals surface area contributed by atoms with Crippen LogP contribution < -0.4 is 5.32 Å². The minimum absolute atomic E-state index is 0.149. The lowest BCUT2D eigenvalue weighted by Crippen LogP contribution is -2.23. The van der Waals surface area contributed by atoms with Crippen molar-refractivity contribution in [3.63, 3.8) is 0 Å². The van der Waals surface area contributed by atoms with E-state index in [1.165, 1.54) is 12.3 Å². The summed E-state index contributed by atoms with van der Waals surface area (Å²) in [6.07, 6.45) is 4.28. The molecule has 0 aliphatic carbocycles. The molecule has 0 bridgehead atoms. The van der Waals surface area contributed by atoms with Gasteiger partial charge in [0.2, 0.25) is 0 Å². The van der Waals surface area contributed by atoms with Gasteiger partial charge in [0.05, 0.1) is 11.8 Å². The van der Waals surface area contributed by atoms with Gasteiger partial charge in [-0.2, -0.15) is 0 Å². The van der Waals surface area contributed by atoms with Crippen molar-refractivity contribution in [3.05, 3.63) is 53.7 Å². The van der Waals surface area contributed by atoms with E-state index in [9.17, 15) is 9.59 Å². The van der Waals surface area contributed by atoms with Crippen LogP contribution in [0.4, 0.5) is 0 Å². The maximum atomic E-state index is 11.9. The topological polar surface area (TPSA) is 92.4 Å². The van der Waals surface area contributed by atoms with Crippen LogP contribution in [0.3, 0.4) is 0 Å². The molecule has 0 saturated carbocycles. The van der Waals surface area contributed by atoms with Crippen LogP contribution in [0.1, 0.15) is 21.7 Å². The highest BCUT2D eigenvalue weighted by atomic mass is 16.4. The first-order valence-electron chi connectivity index (χ1n) is 5.62. The Balaban J connectivity index is 2.00. The maximum absolute atomic E-state index is 11.9. The van der Waals surface area contributed by atoms with E-state index in [-0.39, 0.29) is 23.7 Å². The number of hydrogen-bond donors (Lipinski definition) is 2. The highest BCUT2D eigenvalue weighted by Gasteiger charge is 2.16. The minimum Gasteiger partial charge on any atom is -0.481 e. The summed E-state index contributed by atoms with van der Waals surface area (Å²) in [6, 6.07) is 5.06. The SMILES string of the molecule is O=C(O)Cc1occc1C(=O)NCc1cccnc1. The Kier molecular flexibility index (Phi) is 3.92. The summed E-state index contributed by atoms with van der Waals surface area (Å²) in [5.41, 5.74) is 1.10. The second-order valence-electron chi connectivity index (χ2n) is 3.87. The number of nitrogens with zero attached hydrogens (tertiary/aromatic N) is 1. The molecule has 1 amide bonds. The van der Waals surface area contributed by atoms with Crippen molar-refractivity contribution in [1.29, 1.82) is 0 Å². The zero-order chi connectivity index (χ0) is 13.7. The smallest absolute Gasteiger partial charge is 0.311 e. The number of rotatable bonds is 5. The Morgan fingerprint density at radius 1 is 1.37 bits per heavy atom. The van der Waals surface area contributed by atoms with Gasteiger partial charge in [0.1, 0.15) is 12.2 Å². The first kappa shape index (κ1) is 12.8. The van der Waals surface area contributed by atoms with Crippen molar-refractivity contribution in [2.24, 2.45) is 0 Å². The van der Waals surface area contributed by atoms with Gasteiger partial charge < -0.3 is 14.8 Å². The molecule has 98 valence electrons. The first-order chi connectivity index (χ1) is 9.16. The molecule has 0 fully saturated rings. The molecule has 2 aromatic heterocycles. The Labute approximate surface area is 109 Å². The second kappa shape index (κ2) is 5.81. The second-order valence-corrected chi connectivity index (χ2v) is 3.87. The van der Waals surface area contributed by atoms with E-state index < -0.39 is 5.97 Å². The zero-order valence-electron chi connectivity index (χ0n) is 10.00. The number of aliphatic carboxylic acids is 1. The van der Waals surface area contributed by atoms with Crippen molar-refractivity contribution in [2.45, 2.75) is 13.0 Å². The summed E-state index contributed by atoms with van der Waals surface area (Å²) >= 11 is 0. The zero-order valence-corrected chi connectivity index (χ0v) is 10.00. The quantitative estimate of drug-likeness (QED) is 0.843. The van der Waals surface area contributed by atoms with Crippen molar-refractivity contribution >= 4 is 11.9 Å². The van der Waals surface area contributed by atoms with Gasteiger partial charge in [0.15, 0.2) is 0 Å². The number of pyridine rings is 1. The van der Waals surface area contributed by atoms with E-state index in [4.69, 9.17) is 9.52 Å². The monoisotopic (exact) mass is 260 g/mol. The van der Waals surface area contributed by atoms with Gasteiger partial charge in [-0.15, -0.1) is 0 Å². The molecular weight excluding hydrogens is 248 g/mol. The third-order valence-corrected chi connectivity index (χ3v) is 2.48. The molecule has 0 saturated heterocycles. The van der Waals surface area contributed by atoms with E-state index in [1.54, 1.807) is 18.5 Å². The summed E-state index contributed by atoms with van der Waals surface area (Å²) < 4.78 is 4.99. The molecule has 6 heteroatoms. The van der Waals surface area contributed by atoms with Gasteiger partial charge in [-0.3, -0.25) is 14.6 Å². The first-order valence-corrected chi connectivity index (χ1v) is 5.62. The molecule has 2 rings (SSSR count). The summed E-state index contributed by atoms with van der Waals surface area (Å²) in [7, 11) is 0. The Morgan fingerprint density at radius 3 is 2.89 bits per heavy atom. The molecule has 0 aliphatic rings. The average Bonchev–Trinajstić information content (AvgIpc) is 2.84. The molecule has 0 radical (unpaired) electrons. The van der Waals surface area contributed by atoms with Crippen molar-refractivity contribution in [2.75, 3.05) is 0 Å². The molecule has 0 aliphatic heterocycles. The molecule has 0 aromatic carbocycles. The Morgan fingerprint density at radius 2 is 2.21 bits per heavy atom. The van der Waals surface area contributed by atoms with Crippen LogP contribution in [0.2, 0.25) is 0 Å². The van der Waals surface area contributed by atoms with E-state index in [0.29, 0.717) is 6.54 Å². The van der Waals surface area contributed by atoms with Crippen LogP contribution in [0.15, 0.2) is 41.3 Å². The number of amides is 1.